The molecule has 0 radical (unpaired) electrons. The minimum absolute atomic E-state index is 0.104. The van der Waals surface area contributed by atoms with Crippen LogP contribution in [-0.2, 0) is 14.8 Å². The van der Waals surface area contributed by atoms with Crippen LogP contribution in [0.1, 0.15) is 50.0 Å². The van der Waals surface area contributed by atoms with Gasteiger partial charge in [0.15, 0.2) is 0 Å². The minimum Gasteiger partial charge on any atom is -0.487 e. The summed E-state index contributed by atoms with van der Waals surface area (Å²) in [5.74, 6) is 1.73. The number of nitrogens with one attached hydrogen (secondary N) is 1. The molecule has 1 atom stereocenters. The number of carbonyl (C=O) groups excluding carboxylic acids is 1. The zero-order chi connectivity index (χ0) is 19.1. The van der Waals surface area contributed by atoms with E-state index >= 15 is 0 Å². The van der Waals surface area contributed by atoms with Crippen LogP contribution in [0.15, 0.2) is 24.3 Å². The van der Waals surface area contributed by atoms with E-state index < -0.39 is 10.0 Å². The number of para-hydroxylation sites is 1. The lowest BCUT2D eigenvalue weighted by atomic mass is 9.76. The van der Waals surface area contributed by atoms with E-state index in [4.69, 9.17) is 4.74 Å². The molecule has 6 nitrogen and oxygen atoms in total. The van der Waals surface area contributed by atoms with Crippen molar-refractivity contribution in [2.45, 2.75) is 50.0 Å². The molecule has 1 aromatic carbocycles. The summed E-state index contributed by atoms with van der Waals surface area (Å²) in [4.78, 5) is 12.5. The second kappa shape index (κ2) is 7.09. The highest BCUT2D eigenvalue weighted by Gasteiger charge is 2.44. The third kappa shape index (κ3) is 4.29. The Hall–Kier alpha value is -1.60. The molecule has 0 bridgehead atoms. The molecule has 1 aliphatic carbocycles. The molecule has 2 aliphatic heterocycles. The van der Waals surface area contributed by atoms with Crippen LogP contribution in [0.4, 0.5) is 0 Å². The summed E-state index contributed by atoms with van der Waals surface area (Å²) < 4.78 is 31.6. The Morgan fingerprint density at radius 2 is 1.96 bits per heavy atom. The van der Waals surface area contributed by atoms with Crippen molar-refractivity contribution in [3.63, 3.8) is 0 Å². The summed E-state index contributed by atoms with van der Waals surface area (Å²) in [7, 11) is -3.17. The third-order valence-corrected chi connectivity index (χ3v) is 7.43. The van der Waals surface area contributed by atoms with E-state index in [9.17, 15) is 13.2 Å². The summed E-state index contributed by atoms with van der Waals surface area (Å²) in [6.07, 6.45) is 6.25. The van der Waals surface area contributed by atoms with E-state index in [1.54, 1.807) is 0 Å². The monoisotopic (exact) mass is 392 g/mol. The van der Waals surface area contributed by atoms with Crippen LogP contribution >= 0.6 is 0 Å². The van der Waals surface area contributed by atoms with Crippen molar-refractivity contribution in [1.29, 1.82) is 0 Å². The summed E-state index contributed by atoms with van der Waals surface area (Å²) >= 11 is 0. The van der Waals surface area contributed by atoms with Crippen molar-refractivity contribution < 1.29 is 17.9 Å². The lowest BCUT2D eigenvalue weighted by molar-refractivity contribution is -0.122. The molecule has 148 valence electrons. The minimum atomic E-state index is -3.17. The number of hydrogen-bond acceptors (Lipinski definition) is 4. The Morgan fingerprint density at radius 1 is 1.26 bits per heavy atom. The fraction of sp³-hybridized carbons (Fsp3) is 0.650. The predicted molar refractivity (Wildman–Crippen MR) is 103 cm³/mol. The average Bonchev–Trinajstić information content (AvgIpc) is 3.44. The maximum Gasteiger partial charge on any atom is 0.220 e. The normalized spacial score (nSPS) is 24.9. The molecule has 0 aromatic heterocycles. The van der Waals surface area contributed by atoms with E-state index in [2.05, 4.69) is 5.32 Å². The fourth-order valence-corrected chi connectivity index (χ4v) is 5.18. The maximum atomic E-state index is 12.5. The molecule has 1 aromatic rings. The molecule has 1 N–H and O–H groups in total. The van der Waals surface area contributed by atoms with Crippen LogP contribution in [0, 0.1) is 5.92 Å². The fourth-order valence-electron chi connectivity index (χ4n) is 4.33. The number of sulfonamides is 1. The van der Waals surface area contributed by atoms with Crippen LogP contribution < -0.4 is 10.1 Å². The molecule has 3 aliphatic rings. The number of carbonyl (C=O) groups is 1. The predicted octanol–water partition coefficient (Wildman–Crippen LogP) is 2.26. The average molecular weight is 393 g/mol. The highest BCUT2D eigenvalue weighted by molar-refractivity contribution is 7.88. The molecule has 1 spiro atoms. The van der Waals surface area contributed by atoms with Crippen LogP contribution in [0.5, 0.6) is 5.75 Å². The number of amides is 1. The third-order valence-electron chi connectivity index (χ3n) is 6.12. The zero-order valence-electron chi connectivity index (χ0n) is 15.8. The van der Waals surface area contributed by atoms with Crippen LogP contribution in [-0.4, -0.2) is 50.1 Å². The van der Waals surface area contributed by atoms with Gasteiger partial charge in [0.25, 0.3) is 0 Å². The van der Waals surface area contributed by atoms with Gasteiger partial charge in [0.2, 0.25) is 15.9 Å². The van der Waals surface area contributed by atoms with Gasteiger partial charge in [-0.3, -0.25) is 4.79 Å². The van der Waals surface area contributed by atoms with Crippen molar-refractivity contribution >= 4 is 15.9 Å². The molecular weight excluding hydrogens is 364 g/mol. The number of hydrogen-bond donors (Lipinski definition) is 1. The van der Waals surface area contributed by atoms with Gasteiger partial charge in [-0.25, -0.2) is 12.7 Å². The van der Waals surface area contributed by atoms with E-state index in [0.717, 1.165) is 24.3 Å². The summed E-state index contributed by atoms with van der Waals surface area (Å²) in [6.45, 7) is 1.74. The van der Waals surface area contributed by atoms with Crippen molar-refractivity contribution in [2.24, 2.45) is 5.92 Å². The van der Waals surface area contributed by atoms with Crippen molar-refractivity contribution in [3.05, 3.63) is 29.8 Å². The number of piperidine rings is 1. The molecule has 2 fully saturated rings. The molecule has 1 saturated heterocycles. The van der Waals surface area contributed by atoms with Crippen molar-refractivity contribution in [3.8, 4) is 5.75 Å². The van der Waals surface area contributed by atoms with E-state index in [1.165, 1.54) is 23.4 Å². The smallest absolute Gasteiger partial charge is 0.220 e. The number of benzene rings is 1. The highest BCUT2D eigenvalue weighted by Crippen LogP contribution is 2.46. The summed E-state index contributed by atoms with van der Waals surface area (Å²) in [6, 6.07) is 7.95. The SMILES string of the molecule is CS(=O)(=O)N1CCC2(CC1)C[C@H](CC(=O)NCC1CC1)c1ccccc1O2. The summed E-state index contributed by atoms with van der Waals surface area (Å²) in [5, 5.41) is 3.07. The summed E-state index contributed by atoms with van der Waals surface area (Å²) in [5.41, 5.74) is 0.715. The first kappa shape index (κ1) is 18.7. The first-order valence-electron chi connectivity index (χ1n) is 9.84. The van der Waals surface area contributed by atoms with Crippen LogP contribution in [0.3, 0.4) is 0 Å². The first-order valence-corrected chi connectivity index (χ1v) is 11.7. The van der Waals surface area contributed by atoms with Gasteiger partial charge in [0, 0.05) is 44.8 Å². The largest absolute Gasteiger partial charge is 0.487 e. The van der Waals surface area contributed by atoms with Gasteiger partial charge in [0.05, 0.1) is 6.26 Å². The van der Waals surface area contributed by atoms with E-state index in [1.807, 2.05) is 24.3 Å². The lowest BCUT2D eigenvalue weighted by Crippen LogP contribution is -2.51. The first-order chi connectivity index (χ1) is 12.8. The molecular formula is C20H28N2O4S. The molecule has 27 heavy (non-hydrogen) atoms. The second-order valence-corrected chi connectivity index (χ2v) is 10.3. The molecule has 1 saturated carbocycles. The van der Waals surface area contributed by atoms with Gasteiger partial charge in [-0.2, -0.15) is 0 Å². The Kier molecular flexibility index (Phi) is 4.93. The number of nitrogens with zero attached hydrogens (tertiary/aromatic N) is 1. The van der Waals surface area contributed by atoms with Gasteiger partial charge in [-0.15, -0.1) is 0 Å². The molecule has 4 rings (SSSR count). The molecule has 1 amide bonds. The Morgan fingerprint density at radius 3 is 2.63 bits per heavy atom. The maximum absolute atomic E-state index is 12.5. The Labute approximate surface area is 161 Å². The topological polar surface area (TPSA) is 75.7 Å². The van der Waals surface area contributed by atoms with Crippen LogP contribution in [0.2, 0.25) is 0 Å². The molecule has 0 unspecified atom stereocenters. The van der Waals surface area contributed by atoms with Gasteiger partial charge in [-0.05, 0) is 36.8 Å². The van der Waals surface area contributed by atoms with Gasteiger partial charge in [0.1, 0.15) is 11.4 Å². The zero-order valence-corrected chi connectivity index (χ0v) is 16.6. The van der Waals surface area contributed by atoms with Gasteiger partial charge >= 0.3 is 0 Å². The van der Waals surface area contributed by atoms with E-state index in [-0.39, 0.29) is 17.4 Å². The highest BCUT2D eigenvalue weighted by atomic mass is 32.2. The van der Waals surface area contributed by atoms with Crippen molar-refractivity contribution in [2.75, 3.05) is 25.9 Å². The molecule has 7 heteroatoms. The number of fused-ring (bicyclic) bond motifs is 1. The van der Waals surface area contributed by atoms with Gasteiger partial charge in [-0.1, -0.05) is 18.2 Å². The van der Waals surface area contributed by atoms with E-state index in [0.29, 0.717) is 38.3 Å². The second-order valence-electron chi connectivity index (χ2n) is 8.34. The standard InChI is InChI=1S/C20H28N2O4S/c1-27(24,25)22-10-8-20(9-11-22)13-16(12-19(23)21-14-15-6-7-15)17-4-2-3-5-18(17)26-20/h2-5,15-16H,6-14H2,1H3,(H,21,23)/t16-/m0/s1. The Balaban J connectivity index is 1.48. The number of rotatable bonds is 5. The van der Waals surface area contributed by atoms with Crippen molar-refractivity contribution in [1.82, 2.24) is 9.62 Å². The number of ether oxygens (including phenoxy) is 1. The lowest BCUT2D eigenvalue weighted by Gasteiger charge is -2.46. The Bertz CT molecular complexity index is 811. The molecule has 2 heterocycles. The van der Waals surface area contributed by atoms with Gasteiger partial charge < -0.3 is 10.1 Å². The quantitative estimate of drug-likeness (QED) is 0.834. The van der Waals surface area contributed by atoms with Crippen LogP contribution in [0.25, 0.3) is 0 Å².